The lowest BCUT2D eigenvalue weighted by molar-refractivity contribution is 0.329. The lowest BCUT2D eigenvalue weighted by Crippen LogP contribution is -2.46. The van der Waals surface area contributed by atoms with E-state index in [0.717, 1.165) is 4.48 Å². The van der Waals surface area contributed by atoms with Gasteiger partial charge in [-0.05, 0) is 32.9 Å². The molecule has 0 N–H and O–H groups in total. The van der Waals surface area contributed by atoms with Crippen LogP contribution in [-0.4, -0.2) is 20.1 Å². The number of nitrogens with zero attached hydrogens (tertiary/aromatic N) is 1. The van der Waals surface area contributed by atoms with Crippen LogP contribution in [0.3, 0.4) is 0 Å². The van der Waals surface area contributed by atoms with E-state index < -0.39 is 0 Å². The van der Waals surface area contributed by atoms with E-state index in [-0.39, 0.29) is 0 Å². The minimum Gasteiger partial charge on any atom is -0.294 e. The monoisotopic (exact) mass is 178 g/mol. The topological polar surface area (TPSA) is 0 Å². The van der Waals surface area contributed by atoms with Gasteiger partial charge in [0.15, 0.2) is 0 Å². The van der Waals surface area contributed by atoms with Crippen LogP contribution in [0.1, 0.15) is 19.4 Å². The Morgan fingerprint density at radius 2 is 1.46 bits per heavy atom. The van der Waals surface area contributed by atoms with Crippen molar-refractivity contribution in [1.29, 1.82) is 0 Å². The van der Waals surface area contributed by atoms with Crippen molar-refractivity contribution in [2.75, 3.05) is 14.1 Å². The second-order valence-electron chi connectivity index (χ2n) is 4.47. The number of hydrogen-bond donors (Lipinski definition) is 0. The van der Waals surface area contributed by atoms with Crippen molar-refractivity contribution in [1.82, 2.24) is 4.48 Å². The normalized spacial score (nSPS) is 12.2. The van der Waals surface area contributed by atoms with Gasteiger partial charge in [-0.2, -0.15) is 0 Å². The van der Waals surface area contributed by atoms with Crippen LogP contribution in [0.4, 0.5) is 5.69 Å². The fourth-order valence-electron chi connectivity index (χ4n) is 1.23. The van der Waals surface area contributed by atoms with E-state index >= 15 is 0 Å². The highest BCUT2D eigenvalue weighted by Gasteiger charge is 2.22. The van der Waals surface area contributed by atoms with E-state index in [1.807, 2.05) is 0 Å². The van der Waals surface area contributed by atoms with Crippen LogP contribution in [0.5, 0.6) is 0 Å². The Balaban J connectivity index is 3.01. The maximum absolute atomic E-state index is 2.25. The maximum atomic E-state index is 2.25. The van der Waals surface area contributed by atoms with Gasteiger partial charge in [-0.15, -0.1) is 0 Å². The Morgan fingerprint density at radius 1 is 1.00 bits per heavy atom. The maximum Gasteiger partial charge on any atom is 0.132 e. The fourth-order valence-corrected chi connectivity index (χ4v) is 1.23. The molecular formula is C12H20N+. The van der Waals surface area contributed by atoms with E-state index in [4.69, 9.17) is 0 Å². The predicted molar refractivity (Wildman–Crippen MR) is 60.0 cm³/mol. The second kappa shape index (κ2) is 3.51. The number of rotatable bonds is 2. The zero-order valence-corrected chi connectivity index (χ0v) is 9.33. The van der Waals surface area contributed by atoms with Crippen molar-refractivity contribution in [3.8, 4) is 0 Å². The number of hydrogen-bond acceptors (Lipinski definition) is 0. The summed E-state index contributed by atoms with van der Waals surface area (Å²) < 4.78 is 0.945. The zero-order chi connectivity index (χ0) is 10.1. The van der Waals surface area contributed by atoms with Gasteiger partial charge in [0.05, 0.1) is 20.1 Å². The first-order chi connectivity index (χ1) is 5.94. The summed E-state index contributed by atoms with van der Waals surface area (Å²) in [7, 11) is 4.49. The Morgan fingerprint density at radius 3 is 1.85 bits per heavy atom. The van der Waals surface area contributed by atoms with E-state index in [2.05, 4.69) is 59.1 Å². The molecule has 0 aromatic heterocycles. The van der Waals surface area contributed by atoms with E-state index in [9.17, 15) is 0 Å². The molecule has 0 radical (unpaired) electrons. The van der Waals surface area contributed by atoms with Crippen molar-refractivity contribution < 1.29 is 0 Å². The van der Waals surface area contributed by atoms with Gasteiger partial charge in [-0.3, -0.25) is 4.48 Å². The number of benzene rings is 1. The second-order valence-corrected chi connectivity index (χ2v) is 4.47. The minimum atomic E-state index is 0.614. The highest BCUT2D eigenvalue weighted by Crippen LogP contribution is 2.21. The van der Waals surface area contributed by atoms with Gasteiger partial charge in [0.2, 0.25) is 0 Å². The predicted octanol–water partition coefficient (Wildman–Crippen LogP) is 2.97. The Hall–Kier alpha value is -0.820. The molecular weight excluding hydrogens is 158 g/mol. The molecule has 0 aliphatic carbocycles. The average Bonchev–Trinajstić information content (AvgIpc) is 2.04. The highest BCUT2D eigenvalue weighted by molar-refractivity contribution is 5.43. The van der Waals surface area contributed by atoms with Crippen LogP contribution in [-0.2, 0) is 0 Å². The molecule has 1 aromatic rings. The SMILES string of the molecule is Cc1ccc([N+](C)(C)C(C)C)cc1. The van der Waals surface area contributed by atoms with Crippen molar-refractivity contribution >= 4 is 5.69 Å². The molecule has 13 heavy (non-hydrogen) atoms. The highest BCUT2D eigenvalue weighted by atomic mass is 15.3. The first-order valence-corrected chi connectivity index (χ1v) is 4.85. The molecule has 1 rings (SSSR count). The summed E-state index contributed by atoms with van der Waals surface area (Å²) in [4.78, 5) is 0. The van der Waals surface area contributed by atoms with Crippen LogP contribution in [0.15, 0.2) is 24.3 Å². The fraction of sp³-hybridized carbons (Fsp3) is 0.500. The van der Waals surface area contributed by atoms with Crippen molar-refractivity contribution in [2.24, 2.45) is 0 Å². The third-order valence-electron chi connectivity index (χ3n) is 2.99. The van der Waals surface area contributed by atoms with E-state index in [1.165, 1.54) is 11.3 Å². The third kappa shape index (κ3) is 2.10. The molecule has 0 aliphatic rings. The number of quaternary nitrogens is 1. The largest absolute Gasteiger partial charge is 0.294 e. The molecule has 1 heteroatoms. The Bertz CT molecular complexity index is 270. The van der Waals surface area contributed by atoms with Gasteiger partial charge in [0, 0.05) is 0 Å². The summed E-state index contributed by atoms with van der Waals surface area (Å²) in [6.45, 7) is 6.62. The van der Waals surface area contributed by atoms with Crippen LogP contribution in [0, 0.1) is 6.92 Å². The summed E-state index contributed by atoms with van der Waals surface area (Å²) in [6.07, 6.45) is 0. The summed E-state index contributed by atoms with van der Waals surface area (Å²) in [5, 5.41) is 0. The quantitative estimate of drug-likeness (QED) is 0.611. The smallest absolute Gasteiger partial charge is 0.132 e. The van der Waals surface area contributed by atoms with Crippen LogP contribution in [0.25, 0.3) is 0 Å². The van der Waals surface area contributed by atoms with Gasteiger partial charge in [-0.1, -0.05) is 17.7 Å². The minimum absolute atomic E-state index is 0.614. The van der Waals surface area contributed by atoms with Crippen molar-refractivity contribution in [2.45, 2.75) is 26.8 Å². The molecule has 0 bridgehead atoms. The Labute approximate surface area is 81.6 Å². The summed E-state index contributed by atoms with van der Waals surface area (Å²) in [6, 6.07) is 9.41. The van der Waals surface area contributed by atoms with Gasteiger partial charge in [-0.25, -0.2) is 0 Å². The molecule has 0 heterocycles. The van der Waals surface area contributed by atoms with Crippen LogP contribution < -0.4 is 4.48 Å². The lowest BCUT2D eigenvalue weighted by atomic mass is 10.1. The average molecular weight is 178 g/mol. The molecule has 1 nitrogen and oxygen atoms in total. The molecule has 0 saturated heterocycles. The molecule has 0 saturated carbocycles. The van der Waals surface area contributed by atoms with Gasteiger partial charge < -0.3 is 0 Å². The molecule has 1 aromatic carbocycles. The Kier molecular flexibility index (Phi) is 2.77. The van der Waals surface area contributed by atoms with E-state index in [1.54, 1.807) is 0 Å². The molecule has 0 amide bonds. The third-order valence-corrected chi connectivity index (χ3v) is 2.99. The molecule has 0 spiro atoms. The van der Waals surface area contributed by atoms with Crippen LogP contribution in [0.2, 0.25) is 0 Å². The summed E-state index contributed by atoms with van der Waals surface area (Å²) in [5.41, 5.74) is 2.70. The molecule has 0 atom stereocenters. The van der Waals surface area contributed by atoms with Crippen molar-refractivity contribution in [3.05, 3.63) is 29.8 Å². The van der Waals surface area contributed by atoms with Gasteiger partial charge in [0.25, 0.3) is 0 Å². The summed E-state index contributed by atoms with van der Waals surface area (Å²) >= 11 is 0. The van der Waals surface area contributed by atoms with Crippen LogP contribution >= 0.6 is 0 Å². The van der Waals surface area contributed by atoms with Crippen molar-refractivity contribution in [3.63, 3.8) is 0 Å². The van der Waals surface area contributed by atoms with Gasteiger partial charge in [0.1, 0.15) is 5.69 Å². The lowest BCUT2D eigenvalue weighted by Gasteiger charge is -2.33. The summed E-state index contributed by atoms with van der Waals surface area (Å²) in [5.74, 6) is 0. The first kappa shape index (κ1) is 10.3. The molecule has 0 aliphatic heterocycles. The van der Waals surface area contributed by atoms with E-state index in [0.29, 0.717) is 6.04 Å². The standard InChI is InChI=1S/C12H20N/c1-10(2)13(4,5)12-8-6-11(3)7-9-12/h6-10H,1-5H3/q+1. The zero-order valence-electron chi connectivity index (χ0n) is 9.33. The van der Waals surface area contributed by atoms with Gasteiger partial charge >= 0.3 is 0 Å². The molecule has 0 unspecified atom stereocenters. The first-order valence-electron chi connectivity index (χ1n) is 4.85. The molecule has 0 fully saturated rings. The molecule has 72 valence electrons. The number of aryl methyl sites for hydroxylation is 1.